The minimum Gasteiger partial charge on any atom is -0.0843 e. The van der Waals surface area contributed by atoms with E-state index in [4.69, 9.17) is 11.6 Å². The third kappa shape index (κ3) is 1.74. The molecule has 0 nitrogen and oxygen atoms in total. The highest BCUT2D eigenvalue weighted by atomic mass is 35.5. The Balaban J connectivity index is 3.06. The molecule has 1 aromatic rings. The number of hydrogen-bond donors (Lipinski definition) is 0. The lowest BCUT2D eigenvalue weighted by Gasteiger charge is -1.98. The van der Waals surface area contributed by atoms with Crippen LogP contribution in [0.25, 0.3) is 0 Å². The Kier molecular flexibility index (Phi) is 2.34. The maximum absolute atomic E-state index is 5.81. The van der Waals surface area contributed by atoms with Crippen molar-refractivity contribution in [2.75, 3.05) is 0 Å². The van der Waals surface area contributed by atoms with Crippen LogP contribution in [0.1, 0.15) is 18.1 Å². The van der Waals surface area contributed by atoms with Crippen molar-refractivity contribution in [2.45, 2.75) is 13.8 Å². The SMILES string of the molecule is C[CH]c1cc(C)cc(Cl)c1. The van der Waals surface area contributed by atoms with E-state index in [1.807, 2.05) is 32.4 Å². The average molecular weight is 154 g/mol. The number of hydrogen-bond acceptors (Lipinski definition) is 0. The molecule has 0 N–H and O–H groups in total. The Morgan fingerprint density at radius 3 is 2.50 bits per heavy atom. The van der Waals surface area contributed by atoms with Crippen molar-refractivity contribution >= 4 is 11.6 Å². The van der Waals surface area contributed by atoms with Gasteiger partial charge in [0.25, 0.3) is 0 Å². The van der Waals surface area contributed by atoms with Gasteiger partial charge in [-0.15, -0.1) is 0 Å². The fourth-order valence-electron chi connectivity index (χ4n) is 0.931. The van der Waals surface area contributed by atoms with Crippen molar-refractivity contribution < 1.29 is 0 Å². The van der Waals surface area contributed by atoms with E-state index in [2.05, 4.69) is 6.07 Å². The van der Waals surface area contributed by atoms with E-state index in [0.29, 0.717) is 0 Å². The Morgan fingerprint density at radius 2 is 2.00 bits per heavy atom. The molecule has 1 heteroatoms. The Labute approximate surface area is 66.8 Å². The van der Waals surface area contributed by atoms with Crippen molar-refractivity contribution in [1.82, 2.24) is 0 Å². The summed E-state index contributed by atoms with van der Waals surface area (Å²) in [4.78, 5) is 0. The molecular weight excluding hydrogens is 144 g/mol. The fraction of sp³-hybridized carbons (Fsp3) is 0.222. The molecule has 0 saturated heterocycles. The van der Waals surface area contributed by atoms with Gasteiger partial charge in [-0.3, -0.25) is 0 Å². The highest BCUT2D eigenvalue weighted by Crippen LogP contribution is 2.15. The van der Waals surface area contributed by atoms with Gasteiger partial charge in [-0.25, -0.2) is 0 Å². The first-order valence-corrected chi connectivity index (χ1v) is 3.67. The molecule has 0 aliphatic heterocycles. The zero-order valence-electron chi connectivity index (χ0n) is 6.19. The number of benzene rings is 1. The van der Waals surface area contributed by atoms with Crippen LogP contribution in [0.15, 0.2) is 18.2 Å². The van der Waals surface area contributed by atoms with E-state index in [1.165, 1.54) is 11.1 Å². The van der Waals surface area contributed by atoms with Gasteiger partial charge < -0.3 is 0 Å². The molecule has 1 aromatic carbocycles. The quantitative estimate of drug-likeness (QED) is 0.581. The van der Waals surface area contributed by atoms with Gasteiger partial charge in [-0.2, -0.15) is 0 Å². The molecule has 1 rings (SSSR count). The monoisotopic (exact) mass is 153 g/mol. The second-order valence-electron chi connectivity index (χ2n) is 2.35. The third-order valence-electron chi connectivity index (χ3n) is 1.40. The number of rotatable bonds is 1. The molecule has 0 fully saturated rings. The van der Waals surface area contributed by atoms with E-state index in [9.17, 15) is 0 Å². The molecule has 10 heavy (non-hydrogen) atoms. The maximum atomic E-state index is 5.81. The summed E-state index contributed by atoms with van der Waals surface area (Å²) in [7, 11) is 0. The van der Waals surface area contributed by atoms with Crippen molar-refractivity contribution in [1.29, 1.82) is 0 Å². The zero-order valence-corrected chi connectivity index (χ0v) is 6.94. The lowest BCUT2D eigenvalue weighted by atomic mass is 10.1. The van der Waals surface area contributed by atoms with Crippen LogP contribution in [-0.2, 0) is 0 Å². The molecule has 0 heterocycles. The maximum Gasteiger partial charge on any atom is 0.0411 e. The van der Waals surface area contributed by atoms with Gasteiger partial charge in [0, 0.05) is 5.02 Å². The Morgan fingerprint density at radius 1 is 1.30 bits per heavy atom. The minimum atomic E-state index is 0.813. The van der Waals surface area contributed by atoms with Crippen molar-refractivity contribution in [3.05, 3.63) is 40.8 Å². The number of halogens is 1. The first kappa shape index (κ1) is 7.62. The van der Waals surface area contributed by atoms with E-state index in [1.54, 1.807) is 0 Å². The first-order valence-electron chi connectivity index (χ1n) is 3.29. The smallest absolute Gasteiger partial charge is 0.0411 e. The molecule has 0 aromatic heterocycles. The van der Waals surface area contributed by atoms with Crippen LogP contribution < -0.4 is 0 Å². The molecule has 0 atom stereocenters. The standard InChI is InChI=1S/C9H10Cl/c1-3-8-4-7(2)5-9(10)6-8/h3-6H,1-2H3. The van der Waals surface area contributed by atoms with Crippen LogP contribution in [0.3, 0.4) is 0 Å². The topological polar surface area (TPSA) is 0 Å². The van der Waals surface area contributed by atoms with Crippen LogP contribution in [-0.4, -0.2) is 0 Å². The minimum absolute atomic E-state index is 0.813. The summed E-state index contributed by atoms with van der Waals surface area (Å²) in [6, 6.07) is 6.01. The summed E-state index contributed by atoms with van der Waals surface area (Å²) in [6.07, 6.45) is 2.04. The lowest BCUT2D eigenvalue weighted by Crippen LogP contribution is -1.79. The Bertz CT molecular complexity index is 208. The van der Waals surface area contributed by atoms with Crippen LogP contribution in [0, 0.1) is 13.3 Å². The van der Waals surface area contributed by atoms with Gasteiger partial charge >= 0.3 is 0 Å². The van der Waals surface area contributed by atoms with E-state index in [-0.39, 0.29) is 0 Å². The predicted molar refractivity (Wildman–Crippen MR) is 45.3 cm³/mol. The largest absolute Gasteiger partial charge is 0.0843 e. The van der Waals surface area contributed by atoms with Crippen LogP contribution >= 0.6 is 11.6 Å². The van der Waals surface area contributed by atoms with Crippen molar-refractivity contribution in [3.8, 4) is 0 Å². The summed E-state index contributed by atoms with van der Waals surface area (Å²) in [6.45, 7) is 4.05. The summed E-state index contributed by atoms with van der Waals surface area (Å²) < 4.78 is 0. The summed E-state index contributed by atoms with van der Waals surface area (Å²) in [5.74, 6) is 0. The molecule has 0 aliphatic carbocycles. The fourth-order valence-corrected chi connectivity index (χ4v) is 1.23. The van der Waals surface area contributed by atoms with Crippen molar-refractivity contribution in [2.24, 2.45) is 0 Å². The second-order valence-corrected chi connectivity index (χ2v) is 2.79. The summed E-state index contributed by atoms with van der Waals surface area (Å²) in [5, 5.41) is 0.813. The van der Waals surface area contributed by atoms with Crippen LogP contribution in [0.4, 0.5) is 0 Å². The van der Waals surface area contributed by atoms with Gasteiger partial charge in [0.2, 0.25) is 0 Å². The van der Waals surface area contributed by atoms with E-state index < -0.39 is 0 Å². The molecule has 1 radical (unpaired) electrons. The zero-order chi connectivity index (χ0) is 7.56. The van der Waals surface area contributed by atoms with Gasteiger partial charge in [0.05, 0.1) is 0 Å². The normalized spacial score (nSPS) is 9.90. The van der Waals surface area contributed by atoms with Gasteiger partial charge in [0.1, 0.15) is 0 Å². The summed E-state index contributed by atoms with van der Waals surface area (Å²) in [5.41, 5.74) is 2.39. The molecular formula is C9H10Cl. The highest BCUT2D eigenvalue weighted by Gasteiger charge is 1.92. The molecule has 0 saturated carbocycles. The van der Waals surface area contributed by atoms with Gasteiger partial charge in [-0.05, 0) is 36.6 Å². The first-order chi connectivity index (χ1) is 4.72. The van der Waals surface area contributed by atoms with Gasteiger partial charge in [-0.1, -0.05) is 24.6 Å². The van der Waals surface area contributed by atoms with E-state index in [0.717, 1.165) is 5.02 Å². The van der Waals surface area contributed by atoms with Gasteiger partial charge in [0.15, 0.2) is 0 Å². The van der Waals surface area contributed by atoms with Crippen molar-refractivity contribution in [3.63, 3.8) is 0 Å². The second kappa shape index (κ2) is 3.07. The van der Waals surface area contributed by atoms with Crippen LogP contribution in [0.5, 0.6) is 0 Å². The highest BCUT2D eigenvalue weighted by molar-refractivity contribution is 6.30. The molecule has 0 amide bonds. The Hall–Kier alpha value is -0.490. The molecule has 0 unspecified atom stereocenters. The predicted octanol–water partition coefficient (Wildman–Crippen LogP) is 3.22. The summed E-state index contributed by atoms with van der Waals surface area (Å²) >= 11 is 5.81. The van der Waals surface area contributed by atoms with Crippen LogP contribution in [0.2, 0.25) is 5.02 Å². The third-order valence-corrected chi connectivity index (χ3v) is 1.62. The molecule has 53 valence electrons. The average Bonchev–Trinajstić information content (AvgIpc) is 1.85. The molecule has 0 bridgehead atoms. The lowest BCUT2D eigenvalue weighted by molar-refractivity contribution is 1.37. The molecule has 0 aliphatic rings. The number of aryl methyl sites for hydroxylation is 1. The molecule has 0 spiro atoms. The van der Waals surface area contributed by atoms with E-state index >= 15 is 0 Å².